The number of nitrogens with zero attached hydrogens (tertiary/aromatic N) is 3. The van der Waals surface area contributed by atoms with Crippen LogP contribution in [-0.2, 0) is 9.53 Å². The fraction of sp³-hybridized carbons (Fsp3) is 0.375. The largest absolute Gasteiger partial charge is 0.492 e. The Morgan fingerprint density at radius 3 is 2.36 bits per heavy atom. The predicted molar refractivity (Wildman–Crippen MR) is 153 cm³/mol. The number of fused-ring (bicyclic) bond motifs is 1. The van der Waals surface area contributed by atoms with Gasteiger partial charge >= 0.3 is 0 Å². The Morgan fingerprint density at radius 1 is 0.949 bits per heavy atom. The van der Waals surface area contributed by atoms with Gasteiger partial charge in [-0.05, 0) is 61.4 Å². The second-order valence-corrected chi connectivity index (χ2v) is 10.1. The number of carbonyl (C=O) groups is 2. The summed E-state index contributed by atoms with van der Waals surface area (Å²) in [4.78, 5) is 33.1. The standard InChI is InChI=1S/C32H37N3O4/c1-3-31(36)35(26-9-5-4-6-10-26)30-23-24(2)34(29-12-8-7-11-28(29)30)32(37)25-13-15-27(16-14-25)39-22-19-33-17-20-38-21-18-33/h4-16,24,30H,3,17-23H2,1-2H3/t24-,30+/m0/s1. The van der Waals surface area contributed by atoms with Crippen molar-refractivity contribution in [2.45, 2.75) is 38.8 Å². The average molecular weight is 528 g/mol. The Bertz CT molecular complexity index is 1260. The number of hydrogen-bond donors (Lipinski definition) is 0. The number of amides is 2. The normalized spacial score (nSPS) is 19.3. The minimum Gasteiger partial charge on any atom is -0.492 e. The minimum atomic E-state index is -0.155. The van der Waals surface area contributed by atoms with Crippen molar-refractivity contribution < 1.29 is 19.1 Å². The van der Waals surface area contributed by atoms with Crippen molar-refractivity contribution in [1.29, 1.82) is 0 Å². The Kier molecular flexibility index (Phi) is 8.59. The lowest BCUT2D eigenvalue weighted by molar-refractivity contribution is -0.118. The lowest BCUT2D eigenvalue weighted by atomic mass is 9.89. The summed E-state index contributed by atoms with van der Waals surface area (Å²) in [7, 11) is 0. The molecule has 7 nitrogen and oxygen atoms in total. The van der Waals surface area contributed by atoms with E-state index in [1.807, 2.05) is 95.6 Å². The molecule has 7 heteroatoms. The number of morpholine rings is 1. The molecule has 2 aliphatic rings. The van der Waals surface area contributed by atoms with Gasteiger partial charge < -0.3 is 19.3 Å². The highest BCUT2D eigenvalue weighted by molar-refractivity contribution is 6.07. The molecule has 0 aliphatic carbocycles. The monoisotopic (exact) mass is 527 g/mol. The number of benzene rings is 3. The highest BCUT2D eigenvalue weighted by Gasteiger charge is 2.38. The highest BCUT2D eigenvalue weighted by atomic mass is 16.5. The zero-order valence-corrected chi connectivity index (χ0v) is 22.8. The molecule has 204 valence electrons. The van der Waals surface area contributed by atoms with E-state index in [1.165, 1.54) is 0 Å². The van der Waals surface area contributed by atoms with E-state index in [4.69, 9.17) is 9.47 Å². The molecule has 2 heterocycles. The van der Waals surface area contributed by atoms with Gasteiger partial charge in [0.25, 0.3) is 5.91 Å². The van der Waals surface area contributed by atoms with Crippen LogP contribution in [0.3, 0.4) is 0 Å². The second kappa shape index (κ2) is 12.5. The topological polar surface area (TPSA) is 62.3 Å². The van der Waals surface area contributed by atoms with E-state index in [0.29, 0.717) is 25.0 Å². The molecule has 1 fully saturated rings. The van der Waals surface area contributed by atoms with Crippen molar-refractivity contribution in [3.63, 3.8) is 0 Å². The Balaban J connectivity index is 1.34. The van der Waals surface area contributed by atoms with Gasteiger partial charge in [0.05, 0.1) is 19.3 Å². The van der Waals surface area contributed by atoms with Gasteiger partial charge in [0.1, 0.15) is 12.4 Å². The molecule has 2 atom stereocenters. The van der Waals surface area contributed by atoms with Crippen molar-refractivity contribution in [1.82, 2.24) is 4.90 Å². The molecule has 3 aromatic rings. The van der Waals surface area contributed by atoms with Gasteiger partial charge in [0.15, 0.2) is 0 Å². The molecule has 5 rings (SSSR count). The quantitative estimate of drug-likeness (QED) is 0.397. The van der Waals surface area contributed by atoms with Crippen LogP contribution >= 0.6 is 0 Å². The van der Waals surface area contributed by atoms with Crippen molar-refractivity contribution in [3.05, 3.63) is 90.0 Å². The molecule has 0 radical (unpaired) electrons. The van der Waals surface area contributed by atoms with Crippen molar-refractivity contribution in [3.8, 4) is 5.75 Å². The lowest BCUT2D eigenvalue weighted by Crippen LogP contribution is -2.47. The van der Waals surface area contributed by atoms with Gasteiger partial charge in [-0.1, -0.05) is 43.3 Å². The van der Waals surface area contributed by atoms with Gasteiger partial charge in [-0.25, -0.2) is 0 Å². The second-order valence-electron chi connectivity index (χ2n) is 10.1. The van der Waals surface area contributed by atoms with Gasteiger partial charge in [-0.15, -0.1) is 0 Å². The van der Waals surface area contributed by atoms with Crippen LogP contribution in [0.1, 0.15) is 48.7 Å². The number of carbonyl (C=O) groups excluding carboxylic acids is 2. The fourth-order valence-corrected chi connectivity index (χ4v) is 5.54. The lowest BCUT2D eigenvalue weighted by Gasteiger charge is -2.43. The van der Waals surface area contributed by atoms with Crippen LogP contribution < -0.4 is 14.5 Å². The third-order valence-corrected chi connectivity index (χ3v) is 7.58. The van der Waals surface area contributed by atoms with Crippen LogP contribution in [0.15, 0.2) is 78.9 Å². The predicted octanol–water partition coefficient (Wildman–Crippen LogP) is 5.32. The summed E-state index contributed by atoms with van der Waals surface area (Å²) < 4.78 is 11.3. The van der Waals surface area contributed by atoms with E-state index in [0.717, 1.165) is 55.5 Å². The van der Waals surface area contributed by atoms with Crippen LogP contribution in [0.2, 0.25) is 0 Å². The number of ether oxygens (including phenoxy) is 2. The maximum atomic E-state index is 13.8. The third kappa shape index (κ3) is 6.00. The van der Waals surface area contributed by atoms with Crippen molar-refractivity contribution in [2.75, 3.05) is 49.3 Å². The molecule has 2 aliphatic heterocycles. The fourth-order valence-electron chi connectivity index (χ4n) is 5.54. The SMILES string of the molecule is CCC(=O)N(c1ccccc1)[C@@H]1C[C@H](C)N(C(=O)c2ccc(OCCN3CCOCC3)cc2)c2ccccc21. The molecule has 3 aromatic carbocycles. The number of rotatable bonds is 8. The number of anilines is 2. The molecule has 1 saturated heterocycles. The smallest absolute Gasteiger partial charge is 0.258 e. The number of para-hydroxylation sites is 2. The van der Waals surface area contributed by atoms with E-state index >= 15 is 0 Å². The minimum absolute atomic E-state index is 0.0543. The molecule has 0 bridgehead atoms. The molecule has 0 N–H and O–H groups in total. The summed E-state index contributed by atoms with van der Waals surface area (Å²) in [5.74, 6) is 0.766. The first kappa shape index (κ1) is 26.9. The average Bonchev–Trinajstić information content (AvgIpc) is 2.98. The molecule has 0 saturated carbocycles. The summed E-state index contributed by atoms with van der Waals surface area (Å²) in [6.45, 7) is 8.81. The summed E-state index contributed by atoms with van der Waals surface area (Å²) in [5.41, 5.74) is 3.32. The van der Waals surface area contributed by atoms with Gasteiger partial charge in [-0.2, -0.15) is 0 Å². The third-order valence-electron chi connectivity index (χ3n) is 7.58. The molecule has 39 heavy (non-hydrogen) atoms. The summed E-state index contributed by atoms with van der Waals surface area (Å²) in [6.07, 6.45) is 1.05. The molecular formula is C32H37N3O4. The molecule has 0 spiro atoms. The van der Waals surface area contributed by atoms with E-state index in [9.17, 15) is 9.59 Å². The highest BCUT2D eigenvalue weighted by Crippen LogP contribution is 2.43. The Labute approximate surface area is 230 Å². The van der Waals surface area contributed by atoms with Crippen molar-refractivity contribution in [2.24, 2.45) is 0 Å². The Morgan fingerprint density at radius 2 is 1.64 bits per heavy atom. The molecule has 0 aromatic heterocycles. The maximum Gasteiger partial charge on any atom is 0.258 e. The first-order valence-electron chi connectivity index (χ1n) is 13.9. The molecular weight excluding hydrogens is 490 g/mol. The van der Waals surface area contributed by atoms with Crippen LogP contribution in [0.25, 0.3) is 0 Å². The van der Waals surface area contributed by atoms with E-state index in [1.54, 1.807) is 0 Å². The Hall–Kier alpha value is -3.68. The van der Waals surface area contributed by atoms with E-state index in [2.05, 4.69) is 11.8 Å². The molecule has 2 amide bonds. The van der Waals surface area contributed by atoms with Crippen LogP contribution in [0, 0.1) is 0 Å². The summed E-state index contributed by atoms with van der Waals surface area (Å²) in [6, 6.07) is 24.9. The summed E-state index contributed by atoms with van der Waals surface area (Å²) >= 11 is 0. The van der Waals surface area contributed by atoms with Gasteiger partial charge in [-0.3, -0.25) is 14.5 Å². The van der Waals surface area contributed by atoms with Gasteiger partial charge in [0, 0.05) is 49.0 Å². The van der Waals surface area contributed by atoms with Crippen molar-refractivity contribution >= 4 is 23.2 Å². The molecule has 0 unspecified atom stereocenters. The van der Waals surface area contributed by atoms with Gasteiger partial charge in [0.2, 0.25) is 5.91 Å². The first-order valence-corrected chi connectivity index (χ1v) is 13.9. The van der Waals surface area contributed by atoms with Crippen LogP contribution in [-0.4, -0.2) is 62.2 Å². The van der Waals surface area contributed by atoms with E-state index < -0.39 is 0 Å². The van der Waals surface area contributed by atoms with Crippen LogP contribution in [0.4, 0.5) is 11.4 Å². The number of hydrogen-bond acceptors (Lipinski definition) is 5. The summed E-state index contributed by atoms with van der Waals surface area (Å²) in [5, 5.41) is 0. The zero-order chi connectivity index (χ0) is 27.2. The van der Waals surface area contributed by atoms with E-state index in [-0.39, 0.29) is 23.9 Å². The van der Waals surface area contributed by atoms with Crippen LogP contribution in [0.5, 0.6) is 5.75 Å². The zero-order valence-electron chi connectivity index (χ0n) is 22.8. The first-order chi connectivity index (χ1) is 19.1. The maximum absolute atomic E-state index is 13.8.